The standard InChI is InChI=1S/C9H10ClN5/c1-5-6(3-2-4-7(5)10)8-13-14-9(11)15(8)12/h2-4H,12H2,1H3,(H2,11,14). The number of nitrogens with two attached hydrogens (primary N) is 2. The summed E-state index contributed by atoms with van der Waals surface area (Å²) in [6.07, 6.45) is 0. The van der Waals surface area contributed by atoms with Gasteiger partial charge >= 0.3 is 0 Å². The zero-order valence-corrected chi connectivity index (χ0v) is 8.86. The first-order valence-corrected chi connectivity index (χ1v) is 4.70. The second-order valence-corrected chi connectivity index (χ2v) is 3.57. The monoisotopic (exact) mass is 223 g/mol. The van der Waals surface area contributed by atoms with E-state index in [0.29, 0.717) is 10.8 Å². The Morgan fingerprint density at radius 3 is 2.67 bits per heavy atom. The van der Waals surface area contributed by atoms with Gasteiger partial charge in [-0.1, -0.05) is 23.7 Å². The van der Waals surface area contributed by atoms with Crippen molar-refractivity contribution in [2.75, 3.05) is 11.6 Å². The normalized spacial score (nSPS) is 10.5. The number of benzene rings is 1. The van der Waals surface area contributed by atoms with Crippen LogP contribution in [0, 0.1) is 6.92 Å². The number of hydrogen-bond acceptors (Lipinski definition) is 4. The summed E-state index contributed by atoms with van der Waals surface area (Å²) in [7, 11) is 0. The lowest BCUT2D eigenvalue weighted by Gasteiger charge is -2.06. The molecule has 1 aromatic heterocycles. The van der Waals surface area contributed by atoms with Crippen molar-refractivity contribution in [2.24, 2.45) is 0 Å². The molecule has 4 N–H and O–H groups in total. The predicted octanol–water partition coefficient (Wildman–Crippen LogP) is 1.20. The maximum absolute atomic E-state index is 5.99. The summed E-state index contributed by atoms with van der Waals surface area (Å²) < 4.78 is 1.23. The van der Waals surface area contributed by atoms with Gasteiger partial charge in [0, 0.05) is 10.6 Å². The molecule has 0 unspecified atom stereocenters. The van der Waals surface area contributed by atoms with E-state index >= 15 is 0 Å². The largest absolute Gasteiger partial charge is 0.366 e. The molecule has 0 fully saturated rings. The minimum atomic E-state index is 0.171. The number of rotatable bonds is 1. The first kappa shape index (κ1) is 9.79. The van der Waals surface area contributed by atoms with E-state index < -0.39 is 0 Å². The molecule has 0 atom stereocenters. The molecule has 0 amide bonds. The highest BCUT2D eigenvalue weighted by atomic mass is 35.5. The maximum atomic E-state index is 5.99. The van der Waals surface area contributed by atoms with Crippen LogP contribution >= 0.6 is 11.6 Å². The van der Waals surface area contributed by atoms with E-state index in [9.17, 15) is 0 Å². The van der Waals surface area contributed by atoms with Gasteiger partial charge in [0.15, 0.2) is 5.82 Å². The quantitative estimate of drug-likeness (QED) is 0.712. The fourth-order valence-electron chi connectivity index (χ4n) is 1.34. The van der Waals surface area contributed by atoms with Gasteiger partial charge in [0.2, 0.25) is 5.95 Å². The van der Waals surface area contributed by atoms with E-state index in [1.807, 2.05) is 19.1 Å². The smallest absolute Gasteiger partial charge is 0.241 e. The van der Waals surface area contributed by atoms with Crippen LogP contribution in [0.4, 0.5) is 5.95 Å². The average molecular weight is 224 g/mol. The average Bonchev–Trinajstić information content (AvgIpc) is 2.53. The lowest BCUT2D eigenvalue weighted by atomic mass is 10.1. The van der Waals surface area contributed by atoms with Gasteiger partial charge in [0.1, 0.15) is 0 Å². The van der Waals surface area contributed by atoms with Gasteiger partial charge in [-0.2, -0.15) is 0 Å². The Balaban J connectivity index is 2.64. The summed E-state index contributed by atoms with van der Waals surface area (Å²) in [4.78, 5) is 0. The minimum Gasteiger partial charge on any atom is -0.366 e. The zero-order valence-electron chi connectivity index (χ0n) is 8.11. The number of halogens is 1. The maximum Gasteiger partial charge on any atom is 0.241 e. The molecule has 78 valence electrons. The van der Waals surface area contributed by atoms with Crippen molar-refractivity contribution in [1.29, 1.82) is 0 Å². The fraction of sp³-hybridized carbons (Fsp3) is 0.111. The second kappa shape index (κ2) is 3.43. The van der Waals surface area contributed by atoms with Gasteiger partial charge in [0.25, 0.3) is 0 Å². The van der Waals surface area contributed by atoms with Crippen LogP contribution in [0.15, 0.2) is 18.2 Å². The molecule has 0 bridgehead atoms. The van der Waals surface area contributed by atoms with Gasteiger partial charge in [-0.05, 0) is 18.6 Å². The topological polar surface area (TPSA) is 82.8 Å². The molecule has 2 rings (SSSR count). The third-order valence-electron chi connectivity index (χ3n) is 2.23. The molecular weight excluding hydrogens is 214 g/mol. The summed E-state index contributed by atoms with van der Waals surface area (Å²) in [5.41, 5.74) is 7.23. The van der Waals surface area contributed by atoms with Gasteiger partial charge < -0.3 is 11.6 Å². The third kappa shape index (κ3) is 1.50. The van der Waals surface area contributed by atoms with Gasteiger partial charge in [-0.25, -0.2) is 4.68 Å². The van der Waals surface area contributed by atoms with Gasteiger partial charge in [0.05, 0.1) is 0 Å². The molecule has 1 heterocycles. The number of aromatic nitrogens is 3. The Labute approximate surface area is 91.6 Å². The molecule has 1 aromatic carbocycles. The summed E-state index contributed by atoms with van der Waals surface area (Å²) in [5, 5.41) is 8.24. The van der Waals surface area contributed by atoms with E-state index in [0.717, 1.165) is 11.1 Å². The number of anilines is 1. The molecule has 0 spiro atoms. The predicted molar refractivity (Wildman–Crippen MR) is 59.8 cm³/mol. The Morgan fingerprint density at radius 2 is 2.07 bits per heavy atom. The van der Waals surface area contributed by atoms with Crippen molar-refractivity contribution in [2.45, 2.75) is 6.92 Å². The van der Waals surface area contributed by atoms with Crippen LogP contribution in [-0.4, -0.2) is 14.9 Å². The van der Waals surface area contributed by atoms with Crippen molar-refractivity contribution in [1.82, 2.24) is 14.9 Å². The summed E-state index contributed by atoms with van der Waals surface area (Å²) >= 11 is 5.99. The lowest BCUT2D eigenvalue weighted by Crippen LogP contribution is -2.13. The Hall–Kier alpha value is -1.75. The summed E-state index contributed by atoms with van der Waals surface area (Å²) in [5.74, 6) is 6.35. The van der Waals surface area contributed by atoms with Crippen molar-refractivity contribution in [3.8, 4) is 11.4 Å². The van der Waals surface area contributed by atoms with Crippen molar-refractivity contribution in [3.63, 3.8) is 0 Å². The second-order valence-electron chi connectivity index (χ2n) is 3.16. The molecular formula is C9H10ClN5. The van der Waals surface area contributed by atoms with E-state index in [1.165, 1.54) is 4.68 Å². The highest BCUT2D eigenvalue weighted by molar-refractivity contribution is 6.31. The molecule has 0 aliphatic rings. The van der Waals surface area contributed by atoms with Crippen molar-refractivity contribution >= 4 is 17.5 Å². The molecule has 5 nitrogen and oxygen atoms in total. The number of nitrogen functional groups attached to an aromatic ring is 2. The molecule has 0 aliphatic heterocycles. The van der Waals surface area contributed by atoms with Crippen LogP contribution in [0.1, 0.15) is 5.56 Å². The van der Waals surface area contributed by atoms with Crippen LogP contribution in [0.3, 0.4) is 0 Å². The number of nitrogens with zero attached hydrogens (tertiary/aromatic N) is 3. The van der Waals surface area contributed by atoms with Gasteiger partial charge in [-0.3, -0.25) is 0 Å². The van der Waals surface area contributed by atoms with Gasteiger partial charge in [-0.15, -0.1) is 10.2 Å². The molecule has 0 radical (unpaired) electrons. The molecule has 0 aliphatic carbocycles. The third-order valence-corrected chi connectivity index (χ3v) is 2.64. The minimum absolute atomic E-state index is 0.171. The van der Waals surface area contributed by atoms with Crippen LogP contribution in [0.2, 0.25) is 5.02 Å². The Kier molecular flexibility index (Phi) is 2.24. The van der Waals surface area contributed by atoms with Crippen LogP contribution < -0.4 is 11.6 Å². The number of hydrogen-bond donors (Lipinski definition) is 2. The summed E-state index contributed by atoms with van der Waals surface area (Å²) in [6.45, 7) is 1.89. The lowest BCUT2D eigenvalue weighted by molar-refractivity contribution is 1.02. The SMILES string of the molecule is Cc1c(Cl)cccc1-c1nnc(N)n1N. The van der Waals surface area contributed by atoms with E-state index in [4.69, 9.17) is 23.2 Å². The van der Waals surface area contributed by atoms with Crippen molar-refractivity contribution < 1.29 is 0 Å². The fourth-order valence-corrected chi connectivity index (χ4v) is 1.51. The van der Waals surface area contributed by atoms with E-state index in [2.05, 4.69) is 10.2 Å². The first-order valence-electron chi connectivity index (χ1n) is 4.32. The Bertz CT molecular complexity index is 505. The molecule has 2 aromatic rings. The highest BCUT2D eigenvalue weighted by Gasteiger charge is 2.12. The molecule has 0 saturated carbocycles. The molecule has 15 heavy (non-hydrogen) atoms. The highest BCUT2D eigenvalue weighted by Crippen LogP contribution is 2.26. The molecule has 6 heteroatoms. The van der Waals surface area contributed by atoms with Crippen LogP contribution in [0.25, 0.3) is 11.4 Å². The van der Waals surface area contributed by atoms with Crippen molar-refractivity contribution in [3.05, 3.63) is 28.8 Å². The molecule has 0 saturated heterocycles. The van der Waals surface area contributed by atoms with Crippen LogP contribution in [-0.2, 0) is 0 Å². The Morgan fingerprint density at radius 1 is 1.33 bits per heavy atom. The van der Waals surface area contributed by atoms with Crippen LogP contribution in [0.5, 0.6) is 0 Å². The summed E-state index contributed by atoms with van der Waals surface area (Å²) in [6, 6.07) is 5.50. The van der Waals surface area contributed by atoms with E-state index in [1.54, 1.807) is 6.07 Å². The zero-order chi connectivity index (χ0) is 11.0. The first-order chi connectivity index (χ1) is 7.11. The van der Waals surface area contributed by atoms with E-state index in [-0.39, 0.29) is 5.95 Å².